The molecule has 0 bridgehead atoms. The van der Waals surface area contributed by atoms with Gasteiger partial charge in [0.05, 0.1) is 5.37 Å². The monoisotopic (exact) mass is 207 g/mol. The third-order valence-corrected chi connectivity index (χ3v) is 4.11. The molecule has 1 aromatic carbocycles. The number of benzene rings is 1. The molecule has 2 heteroatoms. The molecule has 0 amide bonds. The van der Waals surface area contributed by atoms with Gasteiger partial charge in [-0.25, -0.2) is 0 Å². The fraction of sp³-hybridized carbons (Fsp3) is 0.500. The molecule has 0 spiro atoms. The third kappa shape index (κ3) is 2.12. The molecule has 1 nitrogen and oxygen atoms in total. The minimum Gasteiger partial charge on any atom is -0.302 e. The van der Waals surface area contributed by atoms with Crippen LogP contribution in [0.2, 0.25) is 0 Å². The Balaban J connectivity index is 2.18. The Morgan fingerprint density at radius 3 is 2.86 bits per heavy atom. The fourth-order valence-corrected chi connectivity index (χ4v) is 3.17. The minimum absolute atomic E-state index is 0.500. The Bertz CT molecular complexity index is 311. The molecule has 0 saturated carbocycles. The van der Waals surface area contributed by atoms with Gasteiger partial charge in [0.2, 0.25) is 0 Å². The predicted molar refractivity (Wildman–Crippen MR) is 63.6 cm³/mol. The summed E-state index contributed by atoms with van der Waals surface area (Å²) in [5, 5.41) is 4.85. The van der Waals surface area contributed by atoms with Gasteiger partial charge in [-0.15, -0.1) is 11.8 Å². The largest absolute Gasteiger partial charge is 0.302 e. The van der Waals surface area contributed by atoms with Crippen LogP contribution in [0.1, 0.15) is 29.8 Å². The first-order valence-corrected chi connectivity index (χ1v) is 6.16. The highest BCUT2D eigenvalue weighted by Crippen LogP contribution is 2.35. The van der Waals surface area contributed by atoms with Gasteiger partial charge < -0.3 is 5.32 Å². The smallest absolute Gasteiger partial charge is 0.0794 e. The number of thioether (sulfide) groups is 1. The summed E-state index contributed by atoms with van der Waals surface area (Å²) in [4.78, 5) is 0. The van der Waals surface area contributed by atoms with Gasteiger partial charge in [-0.1, -0.05) is 31.2 Å². The first kappa shape index (κ1) is 10.1. The van der Waals surface area contributed by atoms with E-state index >= 15 is 0 Å². The average Bonchev–Trinajstić information content (AvgIpc) is 2.18. The molecular weight excluding hydrogens is 190 g/mol. The molecule has 14 heavy (non-hydrogen) atoms. The molecule has 2 rings (SSSR count). The third-order valence-electron chi connectivity index (χ3n) is 2.72. The Kier molecular flexibility index (Phi) is 3.14. The molecule has 1 aliphatic rings. The first-order chi connectivity index (χ1) is 6.77. The van der Waals surface area contributed by atoms with Crippen LogP contribution >= 0.6 is 11.8 Å². The zero-order valence-electron chi connectivity index (χ0n) is 8.79. The molecule has 1 aromatic rings. The standard InChI is InChI=1S/C12H17NS/c1-9-5-3-4-6-11(9)12-13-8-7-10(2)14-12/h3-6,10,12-13H,7-8H2,1-2H3. The molecule has 1 fully saturated rings. The van der Waals surface area contributed by atoms with E-state index in [1.54, 1.807) is 0 Å². The maximum atomic E-state index is 3.57. The highest BCUT2D eigenvalue weighted by atomic mass is 32.2. The molecule has 2 unspecified atom stereocenters. The van der Waals surface area contributed by atoms with Crippen LogP contribution in [0.25, 0.3) is 0 Å². The van der Waals surface area contributed by atoms with Gasteiger partial charge in [0.25, 0.3) is 0 Å². The van der Waals surface area contributed by atoms with Gasteiger partial charge in [-0.2, -0.15) is 0 Å². The zero-order valence-corrected chi connectivity index (χ0v) is 9.60. The molecule has 1 saturated heterocycles. The molecule has 1 heterocycles. The van der Waals surface area contributed by atoms with Crippen molar-refractivity contribution in [2.75, 3.05) is 6.54 Å². The Labute approximate surface area is 90.3 Å². The molecule has 1 N–H and O–H groups in total. The van der Waals surface area contributed by atoms with Crippen molar-refractivity contribution in [2.24, 2.45) is 0 Å². The van der Waals surface area contributed by atoms with Gasteiger partial charge in [0.1, 0.15) is 0 Å². The molecule has 76 valence electrons. The van der Waals surface area contributed by atoms with Gasteiger partial charge in [0, 0.05) is 5.25 Å². The van der Waals surface area contributed by atoms with E-state index in [4.69, 9.17) is 0 Å². The van der Waals surface area contributed by atoms with Crippen molar-refractivity contribution >= 4 is 11.8 Å². The number of rotatable bonds is 1. The van der Waals surface area contributed by atoms with Crippen molar-refractivity contribution in [2.45, 2.75) is 30.9 Å². The van der Waals surface area contributed by atoms with Crippen LogP contribution < -0.4 is 5.32 Å². The van der Waals surface area contributed by atoms with Crippen LogP contribution in [-0.4, -0.2) is 11.8 Å². The lowest BCUT2D eigenvalue weighted by Gasteiger charge is -2.29. The summed E-state index contributed by atoms with van der Waals surface area (Å²) in [5.41, 5.74) is 2.84. The lowest BCUT2D eigenvalue weighted by atomic mass is 10.1. The molecule has 0 aliphatic carbocycles. The second kappa shape index (κ2) is 4.37. The molecule has 0 aromatic heterocycles. The van der Waals surface area contributed by atoms with Crippen molar-refractivity contribution in [3.63, 3.8) is 0 Å². The van der Waals surface area contributed by atoms with E-state index in [0.29, 0.717) is 5.37 Å². The lowest BCUT2D eigenvalue weighted by Crippen LogP contribution is -2.29. The van der Waals surface area contributed by atoms with Crippen molar-refractivity contribution in [1.29, 1.82) is 0 Å². The van der Waals surface area contributed by atoms with Gasteiger partial charge >= 0.3 is 0 Å². The highest BCUT2D eigenvalue weighted by molar-refractivity contribution is 8.00. The number of nitrogens with one attached hydrogen (secondary N) is 1. The summed E-state index contributed by atoms with van der Waals surface area (Å²) in [7, 11) is 0. The summed E-state index contributed by atoms with van der Waals surface area (Å²) < 4.78 is 0. The second-order valence-electron chi connectivity index (χ2n) is 3.93. The van der Waals surface area contributed by atoms with E-state index in [1.165, 1.54) is 17.5 Å². The molecule has 2 atom stereocenters. The van der Waals surface area contributed by atoms with Crippen LogP contribution in [0.4, 0.5) is 0 Å². The van der Waals surface area contributed by atoms with Gasteiger partial charge in [-0.05, 0) is 31.0 Å². The van der Waals surface area contributed by atoms with Crippen LogP contribution in [0.15, 0.2) is 24.3 Å². The number of hydrogen-bond donors (Lipinski definition) is 1. The summed E-state index contributed by atoms with van der Waals surface area (Å²) in [6.07, 6.45) is 1.28. The first-order valence-electron chi connectivity index (χ1n) is 5.22. The summed E-state index contributed by atoms with van der Waals surface area (Å²) in [6, 6.07) is 8.66. The van der Waals surface area contributed by atoms with Crippen molar-refractivity contribution in [3.05, 3.63) is 35.4 Å². The van der Waals surface area contributed by atoms with E-state index in [1.807, 2.05) is 11.8 Å². The second-order valence-corrected chi connectivity index (χ2v) is 5.47. The topological polar surface area (TPSA) is 12.0 Å². The Morgan fingerprint density at radius 1 is 1.36 bits per heavy atom. The number of aryl methyl sites for hydroxylation is 1. The maximum absolute atomic E-state index is 3.57. The van der Waals surface area contributed by atoms with E-state index in [0.717, 1.165) is 11.8 Å². The highest BCUT2D eigenvalue weighted by Gasteiger charge is 2.20. The van der Waals surface area contributed by atoms with E-state index in [-0.39, 0.29) is 0 Å². The average molecular weight is 207 g/mol. The van der Waals surface area contributed by atoms with Crippen LogP contribution in [0.3, 0.4) is 0 Å². The normalized spacial score (nSPS) is 27.6. The summed E-state index contributed by atoms with van der Waals surface area (Å²) in [5.74, 6) is 0. The molecular formula is C12H17NS. The number of hydrogen-bond acceptors (Lipinski definition) is 2. The van der Waals surface area contributed by atoms with Crippen molar-refractivity contribution < 1.29 is 0 Å². The Hall–Kier alpha value is -0.470. The quantitative estimate of drug-likeness (QED) is 0.759. The summed E-state index contributed by atoms with van der Waals surface area (Å²) >= 11 is 2.04. The van der Waals surface area contributed by atoms with Gasteiger partial charge in [0.15, 0.2) is 0 Å². The SMILES string of the molecule is Cc1ccccc1C1NCCC(C)S1. The van der Waals surface area contributed by atoms with Crippen LogP contribution in [0.5, 0.6) is 0 Å². The lowest BCUT2D eigenvalue weighted by molar-refractivity contribution is 0.604. The Morgan fingerprint density at radius 2 is 2.14 bits per heavy atom. The van der Waals surface area contributed by atoms with Crippen LogP contribution in [0, 0.1) is 6.92 Å². The van der Waals surface area contributed by atoms with Crippen molar-refractivity contribution in [3.8, 4) is 0 Å². The van der Waals surface area contributed by atoms with E-state index < -0.39 is 0 Å². The van der Waals surface area contributed by atoms with E-state index in [9.17, 15) is 0 Å². The van der Waals surface area contributed by atoms with Crippen molar-refractivity contribution in [1.82, 2.24) is 5.32 Å². The minimum atomic E-state index is 0.500. The van der Waals surface area contributed by atoms with Crippen LogP contribution in [-0.2, 0) is 0 Å². The predicted octanol–water partition coefficient (Wildman–Crippen LogP) is 3.11. The fourth-order valence-electron chi connectivity index (χ4n) is 1.83. The molecule has 0 radical (unpaired) electrons. The summed E-state index contributed by atoms with van der Waals surface area (Å²) in [6.45, 7) is 5.65. The van der Waals surface area contributed by atoms with E-state index in [2.05, 4.69) is 43.4 Å². The maximum Gasteiger partial charge on any atom is 0.0794 e. The zero-order chi connectivity index (χ0) is 9.97. The molecule has 1 aliphatic heterocycles. The van der Waals surface area contributed by atoms with Gasteiger partial charge in [-0.3, -0.25) is 0 Å².